The summed E-state index contributed by atoms with van der Waals surface area (Å²) in [6, 6.07) is 15.0. The lowest BCUT2D eigenvalue weighted by Crippen LogP contribution is -2.52. The number of nitrogens with two attached hydrogens (primary N) is 1. The van der Waals surface area contributed by atoms with Crippen molar-refractivity contribution >= 4 is 73.0 Å². The highest BCUT2D eigenvalue weighted by Crippen LogP contribution is 2.39. The van der Waals surface area contributed by atoms with E-state index in [1.54, 1.807) is 35.5 Å². The molecule has 18 heteroatoms. The molecule has 65 heavy (non-hydrogen) atoms. The highest BCUT2D eigenvalue weighted by atomic mass is 32.1. The van der Waals surface area contributed by atoms with Crippen molar-refractivity contribution < 1.29 is 38.1 Å². The zero-order chi connectivity index (χ0) is 47.5. The Balaban J connectivity index is 0.000000250. The van der Waals surface area contributed by atoms with Gasteiger partial charge in [-0.1, -0.05) is 27.7 Å². The van der Waals surface area contributed by atoms with Crippen molar-refractivity contribution in [1.29, 1.82) is 0 Å². The van der Waals surface area contributed by atoms with Crippen molar-refractivity contribution in [2.24, 2.45) is 17.6 Å². The van der Waals surface area contributed by atoms with Crippen LogP contribution in [0.2, 0.25) is 0 Å². The molecule has 0 bridgehead atoms. The largest absolute Gasteiger partial charge is 0.489 e. The summed E-state index contributed by atoms with van der Waals surface area (Å²) < 4.78 is 29.0. The quantitative estimate of drug-likeness (QED) is 0.0707. The van der Waals surface area contributed by atoms with Crippen LogP contribution in [0.4, 0.5) is 26.0 Å². The van der Waals surface area contributed by atoms with E-state index in [0.717, 1.165) is 49.1 Å². The summed E-state index contributed by atoms with van der Waals surface area (Å²) in [6.45, 7) is 18.6. The number of hydrogen-bond acceptors (Lipinski definition) is 15. The van der Waals surface area contributed by atoms with E-state index in [1.807, 2.05) is 71.0 Å². The minimum absolute atomic E-state index is 0.249. The van der Waals surface area contributed by atoms with Crippen molar-refractivity contribution in [3.8, 4) is 33.8 Å². The third kappa shape index (κ3) is 14.4. The van der Waals surface area contributed by atoms with E-state index in [4.69, 9.17) is 19.9 Å². The summed E-state index contributed by atoms with van der Waals surface area (Å²) in [4.78, 5) is 52.9. The highest BCUT2D eigenvalue weighted by molar-refractivity contribution is 7.17. The molecular formula is C47H60N8O8S2. The Labute approximate surface area is 388 Å². The fourth-order valence-electron chi connectivity index (χ4n) is 7.25. The smallest absolute Gasteiger partial charge is 0.412 e. The first-order valence-corrected chi connectivity index (χ1v) is 22.8. The van der Waals surface area contributed by atoms with Crippen LogP contribution >= 0.6 is 22.7 Å². The molecule has 6 rings (SSSR count). The van der Waals surface area contributed by atoms with E-state index in [2.05, 4.69) is 73.1 Å². The van der Waals surface area contributed by atoms with Crippen LogP contribution in [0.15, 0.2) is 71.9 Å². The summed E-state index contributed by atoms with van der Waals surface area (Å²) in [5, 5.41) is 8.17. The number of anilines is 2. The average molecular weight is 929 g/mol. The number of carbonyl (C=O) groups excluding carboxylic acids is 3. The van der Waals surface area contributed by atoms with E-state index in [9.17, 15) is 14.4 Å². The molecule has 0 saturated carbocycles. The van der Waals surface area contributed by atoms with Crippen LogP contribution in [0.3, 0.4) is 0 Å². The van der Waals surface area contributed by atoms with E-state index < -0.39 is 35.0 Å². The van der Waals surface area contributed by atoms with Crippen molar-refractivity contribution in [3.05, 3.63) is 71.9 Å². The maximum Gasteiger partial charge on any atom is 0.412 e. The maximum atomic E-state index is 12.5. The number of hydrogen-bond donors (Lipinski definition) is 4. The molecule has 0 aliphatic rings. The molecule has 348 valence electrons. The van der Waals surface area contributed by atoms with Crippen LogP contribution in [0.5, 0.6) is 11.5 Å². The Kier molecular flexibility index (Phi) is 16.7. The number of ether oxygens (including phenoxy) is 5. The van der Waals surface area contributed by atoms with Crippen molar-refractivity contribution in [2.45, 2.75) is 91.8 Å². The summed E-state index contributed by atoms with van der Waals surface area (Å²) in [6.07, 6.45) is 3.22. The molecule has 0 unspecified atom stereocenters. The zero-order valence-corrected chi connectivity index (χ0v) is 40.5. The molecule has 0 radical (unpaired) electrons. The topological polar surface area (TPSA) is 211 Å². The summed E-state index contributed by atoms with van der Waals surface area (Å²) in [5.41, 5.74) is 13.5. The number of amides is 3. The lowest BCUT2D eigenvalue weighted by atomic mass is 9.91. The van der Waals surface area contributed by atoms with E-state index in [1.165, 1.54) is 36.9 Å². The average Bonchev–Trinajstić information content (AvgIpc) is 3.92. The fraction of sp³-hybridized carbons (Fsp3) is 0.426. The van der Waals surface area contributed by atoms with Crippen LogP contribution in [-0.4, -0.2) is 82.3 Å². The molecule has 0 fully saturated rings. The lowest BCUT2D eigenvalue weighted by Gasteiger charge is -2.33. The van der Waals surface area contributed by atoms with Gasteiger partial charge in [-0.25, -0.2) is 34.3 Å². The molecule has 0 aliphatic carbocycles. The number of alkyl carbamates (subject to hydrolysis) is 1. The Morgan fingerprint density at radius 1 is 0.646 bits per heavy atom. The predicted molar refractivity (Wildman–Crippen MR) is 258 cm³/mol. The second kappa shape index (κ2) is 21.7. The van der Waals surface area contributed by atoms with Crippen LogP contribution < -0.4 is 31.2 Å². The second-order valence-electron chi connectivity index (χ2n) is 18.0. The molecule has 4 heterocycles. The van der Waals surface area contributed by atoms with Gasteiger partial charge in [-0.15, -0.1) is 22.7 Å². The number of nitrogens with zero attached hydrogens (tertiary/aromatic N) is 4. The van der Waals surface area contributed by atoms with Gasteiger partial charge in [-0.3, -0.25) is 10.6 Å². The van der Waals surface area contributed by atoms with E-state index in [0.29, 0.717) is 48.0 Å². The number of pyridine rings is 2. The number of methoxy groups -OCH3 is 2. The van der Waals surface area contributed by atoms with Gasteiger partial charge in [-0.2, -0.15) is 0 Å². The Morgan fingerprint density at radius 2 is 1.11 bits per heavy atom. The minimum atomic E-state index is -0.642. The third-order valence-corrected chi connectivity index (χ3v) is 11.2. The minimum Gasteiger partial charge on any atom is -0.489 e. The van der Waals surface area contributed by atoms with Crippen molar-refractivity contribution in [3.63, 3.8) is 0 Å². The van der Waals surface area contributed by atoms with Crippen LogP contribution in [0.1, 0.15) is 75.2 Å². The maximum absolute atomic E-state index is 12.5. The summed E-state index contributed by atoms with van der Waals surface area (Å²) in [7, 11) is 2.61. The van der Waals surface area contributed by atoms with Gasteiger partial charge in [0.2, 0.25) is 0 Å². The fourth-order valence-corrected chi connectivity index (χ4v) is 8.94. The molecule has 6 aromatic rings. The first-order valence-electron chi connectivity index (χ1n) is 21.1. The SMILES string of the molecule is COC(=O)Nc1cc(-c2ccc(OC[C@@](C)(N)CC(C)C)c3ncsc23)ccn1.COC(=O)Nc1cc(-c2ccc(OC[C@](C)(CC(C)C)NC(=O)OC(C)(C)C)c3ncsc23)ccn1. The number of benzene rings is 2. The van der Waals surface area contributed by atoms with Gasteiger partial charge >= 0.3 is 18.3 Å². The monoisotopic (exact) mass is 928 g/mol. The molecular weight excluding hydrogens is 869 g/mol. The lowest BCUT2D eigenvalue weighted by molar-refractivity contribution is 0.0408. The Morgan fingerprint density at radius 3 is 1.54 bits per heavy atom. The molecule has 3 amide bonds. The standard InChI is InChI=1S/C26H34N4O5S.C21H26N4O3S/c1-16(2)13-26(6,30-24(32)35-25(3,4)5)14-34-19-9-8-18(22-21(19)28-15-36-22)17-10-11-27-20(12-17)29-23(31)33-7;1-13(2)10-21(3,22)11-28-16-6-5-15(19-18(16)24-12-29-19)14-7-8-23-17(9-14)25-20(26)27-4/h8-12,15-16H,13-14H2,1-7H3,(H,30,32)(H,27,29,31);5-9,12-13H,10-11,22H2,1-4H3,(H,23,25,26)/t26-;21-/m00/s1. The van der Waals surface area contributed by atoms with Gasteiger partial charge in [0.15, 0.2) is 0 Å². The number of nitrogens with one attached hydrogen (secondary N) is 3. The van der Waals surface area contributed by atoms with Gasteiger partial charge in [0.25, 0.3) is 0 Å². The normalized spacial score (nSPS) is 13.3. The van der Waals surface area contributed by atoms with Crippen LogP contribution in [-0.2, 0) is 14.2 Å². The van der Waals surface area contributed by atoms with Gasteiger partial charge in [0, 0.05) is 29.1 Å². The molecule has 16 nitrogen and oxygen atoms in total. The number of rotatable bonds is 15. The molecule has 0 saturated heterocycles. The van der Waals surface area contributed by atoms with Crippen molar-refractivity contribution in [1.82, 2.24) is 25.3 Å². The predicted octanol–water partition coefficient (Wildman–Crippen LogP) is 10.9. The van der Waals surface area contributed by atoms with Crippen LogP contribution in [0.25, 0.3) is 42.7 Å². The second-order valence-corrected chi connectivity index (χ2v) is 19.7. The Hall–Kier alpha value is -6.11. The van der Waals surface area contributed by atoms with Gasteiger partial charge < -0.3 is 34.7 Å². The summed E-state index contributed by atoms with van der Waals surface area (Å²) >= 11 is 3.03. The zero-order valence-electron chi connectivity index (χ0n) is 38.9. The molecule has 0 spiro atoms. The van der Waals surface area contributed by atoms with Gasteiger partial charge in [0.1, 0.15) is 53.0 Å². The van der Waals surface area contributed by atoms with E-state index in [-0.39, 0.29) is 6.61 Å². The highest BCUT2D eigenvalue weighted by Gasteiger charge is 2.31. The third-order valence-electron chi connectivity index (χ3n) is 9.51. The van der Waals surface area contributed by atoms with Gasteiger partial charge in [0.05, 0.1) is 40.2 Å². The number of aromatic nitrogens is 4. The van der Waals surface area contributed by atoms with Crippen LogP contribution in [0, 0.1) is 11.8 Å². The number of thiazole rings is 2. The number of carbonyl (C=O) groups is 3. The first-order chi connectivity index (χ1) is 30.7. The molecule has 4 aromatic heterocycles. The molecule has 5 N–H and O–H groups in total. The molecule has 0 aliphatic heterocycles. The summed E-state index contributed by atoms with van der Waals surface area (Å²) in [5.74, 6) is 2.96. The van der Waals surface area contributed by atoms with Crippen molar-refractivity contribution in [2.75, 3.05) is 38.1 Å². The van der Waals surface area contributed by atoms with E-state index >= 15 is 0 Å². The number of fused-ring (bicyclic) bond motifs is 2. The molecule has 2 aromatic carbocycles. The van der Waals surface area contributed by atoms with Gasteiger partial charge in [-0.05, 0) is 119 Å². The Bertz CT molecular complexity index is 2570. The molecule has 2 atom stereocenters. The first kappa shape index (κ1) is 49.9.